The normalized spacial score (nSPS) is 18.0. The molecule has 3 N–H and O–H groups in total. The molecular weight excluding hydrogens is 466 g/mol. The Balaban J connectivity index is 0.00000320. The molecule has 2 aromatic rings. The van der Waals surface area contributed by atoms with Gasteiger partial charge in [-0.05, 0) is 49.6 Å². The summed E-state index contributed by atoms with van der Waals surface area (Å²) in [5.74, 6) is 0. The maximum absolute atomic E-state index is 13.3. The van der Waals surface area contributed by atoms with Crippen LogP contribution >= 0.6 is 23.7 Å². The van der Waals surface area contributed by atoms with Gasteiger partial charge in [0, 0.05) is 5.56 Å². The topological polar surface area (TPSA) is 110 Å². The molecule has 0 aliphatic carbocycles. The molecule has 0 saturated carbocycles. The standard InChI is InChI=1S/C19H27N3O4S3.ClH/c1-3-5-6-14-7-9-15(10-8-14)22-13-17(21-11-4-2)16-12-18(28(20,23)24)27-19(16)29(22,25)26;/h7-10,12,17,21H,3-6,11,13H2,1-2H3,(H2,20,23,24);1H. The van der Waals surface area contributed by atoms with Crippen molar-refractivity contribution in [1.29, 1.82) is 0 Å². The van der Waals surface area contributed by atoms with Crippen molar-refractivity contribution < 1.29 is 16.8 Å². The number of primary sulfonamides is 1. The van der Waals surface area contributed by atoms with E-state index in [9.17, 15) is 16.8 Å². The van der Waals surface area contributed by atoms with Gasteiger partial charge in [0.05, 0.1) is 18.3 Å². The highest BCUT2D eigenvalue weighted by molar-refractivity contribution is 7.96. The summed E-state index contributed by atoms with van der Waals surface area (Å²) in [6.07, 6.45) is 4.01. The van der Waals surface area contributed by atoms with Crippen LogP contribution in [0, 0.1) is 0 Å². The molecule has 0 bridgehead atoms. The molecule has 0 saturated heterocycles. The molecule has 1 atom stereocenters. The molecule has 1 aliphatic rings. The van der Waals surface area contributed by atoms with Gasteiger partial charge in [0.2, 0.25) is 10.0 Å². The molecule has 7 nitrogen and oxygen atoms in total. The number of rotatable bonds is 8. The number of nitrogens with zero attached hydrogens (tertiary/aromatic N) is 1. The van der Waals surface area contributed by atoms with Crippen LogP contribution in [0.1, 0.15) is 50.3 Å². The van der Waals surface area contributed by atoms with Crippen LogP contribution in [0.3, 0.4) is 0 Å². The minimum absolute atomic E-state index is 0. The van der Waals surface area contributed by atoms with Crippen LogP contribution in [0.25, 0.3) is 0 Å². The van der Waals surface area contributed by atoms with Crippen LogP contribution in [0.4, 0.5) is 5.69 Å². The van der Waals surface area contributed by atoms with E-state index in [2.05, 4.69) is 12.2 Å². The van der Waals surface area contributed by atoms with Gasteiger partial charge in [-0.25, -0.2) is 22.0 Å². The number of benzene rings is 1. The van der Waals surface area contributed by atoms with Crippen molar-refractivity contribution in [2.45, 2.75) is 54.0 Å². The maximum atomic E-state index is 13.3. The Kier molecular flexibility index (Phi) is 8.34. The molecule has 30 heavy (non-hydrogen) atoms. The highest BCUT2D eigenvalue weighted by Crippen LogP contribution is 2.41. The van der Waals surface area contributed by atoms with Gasteiger partial charge in [0.1, 0.15) is 8.42 Å². The Morgan fingerprint density at radius 1 is 1.20 bits per heavy atom. The lowest BCUT2D eigenvalue weighted by Crippen LogP contribution is -2.43. The molecule has 11 heteroatoms. The highest BCUT2D eigenvalue weighted by atomic mass is 35.5. The largest absolute Gasteiger partial charge is 0.308 e. The summed E-state index contributed by atoms with van der Waals surface area (Å²) in [7, 11) is -7.85. The molecule has 1 aliphatic heterocycles. The summed E-state index contributed by atoms with van der Waals surface area (Å²) in [5, 5.41) is 8.59. The third kappa shape index (κ3) is 5.17. The van der Waals surface area contributed by atoms with Crippen LogP contribution in [0.2, 0.25) is 0 Å². The molecule has 168 valence electrons. The number of hydrogen-bond acceptors (Lipinski definition) is 6. The van der Waals surface area contributed by atoms with E-state index in [-0.39, 0.29) is 33.4 Å². The Morgan fingerprint density at radius 2 is 1.87 bits per heavy atom. The van der Waals surface area contributed by atoms with Gasteiger partial charge in [-0.2, -0.15) is 0 Å². The fraction of sp³-hybridized carbons (Fsp3) is 0.474. The van der Waals surface area contributed by atoms with Gasteiger partial charge in [-0.3, -0.25) is 4.31 Å². The second-order valence-corrected chi connectivity index (χ2v) is 12.1. The number of hydrogen-bond donors (Lipinski definition) is 2. The first-order chi connectivity index (χ1) is 13.7. The number of aryl methyl sites for hydroxylation is 1. The number of anilines is 1. The van der Waals surface area contributed by atoms with Gasteiger partial charge in [-0.15, -0.1) is 23.7 Å². The first kappa shape index (κ1) is 25.1. The summed E-state index contributed by atoms with van der Waals surface area (Å²) >= 11 is 0.716. The van der Waals surface area contributed by atoms with E-state index in [0.29, 0.717) is 29.1 Å². The number of thiophene rings is 1. The zero-order chi connectivity index (χ0) is 21.2. The number of nitrogens with two attached hydrogens (primary N) is 1. The predicted octanol–water partition coefficient (Wildman–Crippen LogP) is 3.41. The quantitative estimate of drug-likeness (QED) is 0.585. The average molecular weight is 494 g/mol. The summed E-state index contributed by atoms with van der Waals surface area (Å²) in [6, 6.07) is 8.63. The molecule has 1 unspecified atom stereocenters. The second-order valence-electron chi connectivity index (χ2n) is 7.17. The van der Waals surface area contributed by atoms with Crippen molar-refractivity contribution in [2.24, 2.45) is 5.14 Å². The third-order valence-electron chi connectivity index (χ3n) is 4.92. The Morgan fingerprint density at radius 3 is 2.43 bits per heavy atom. The van der Waals surface area contributed by atoms with Crippen LogP contribution in [0.15, 0.2) is 38.8 Å². The van der Waals surface area contributed by atoms with Crippen LogP contribution in [-0.4, -0.2) is 29.9 Å². The minimum Gasteiger partial charge on any atom is -0.308 e. The minimum atomic E-state index is -3.98. The Bertz CT molecular complexity index is 1070. The molecule has 1 aromatic carbocycles. The van der Waals surface area contributed by atoms with E-state index in [0.717, 1.165) is 25.7 Å². The van der Waals surface area contributed by atoms with Gasteiger partial charge in [-0.1, -0.05) is 32.4 Å². The molecule has 3 rings (SSSR count). The van der Waals surface area contributed by atoms with E-state index in [1.54, 1.807) is 0 Å². The Labute approximate surface area is 189 Å². The number of fused-ring (bicyclic) bond motifs is 1. The van der Waals surface area contributed by atoms with Gasteiger partial charge in [0.15, 0.2) is 0 Å². The second kappa shape index (κ2) is 9.97. The predicted molar refractivity (Wildman–Crippen MR) is 124 cm³/mol. The van der Waals surface area contributed by atoms with E-state index >= 15 is 0 Å². The summed E-state index contributed by atoms with van der Waals surface area (Å²) in [4.78, 5) is 0. The molecule has 0 radical (unpaired) electrons. The highest BCUT2D eigenvalue weighted by Gasteiger charge is 2.40. The zero-order valence-electron chi connectivity index (χ0n) is 17.0. The maximum Gasteiger partial charge on any atom is 0.274 e. The van der Waals surface area contributed by atoms with E-state index in [4.69, 9.17) is 5.14 Å². The summed E-state index contributed by atoms with van der Waals surface area (Å²) < 4.78 is 51.5. The SMILES string of the molecule is CCCCc1ccc(N2CC(NCCC)c3cc(S(N)(=O)=O)sc3S2(=O)=O)cc1.Cl. The lowest BCUT2D eigenvalue weighted by atomic mass is 10.1. The van der Waals surface area contributed by atoms with E-state index in [1.165, 1.54) is 15.9 Å². The van der Waals surface area contributed by atoms with Crippen molar-refractivity contribution in [1.82, 2.24) is 5.32 Å². The fourth-order valence-electron chi connectivity index (χ4n) is 3.36. The van der Waals surface area contributed by atoms with Crippen molar-refractivity contribution >= 4 is 49.5 Å². The van der Waals surface area contributed by atoms with E-state index < -0.39 is 20.0 Å². The van der Waals surface area contributed by atoms with Crippen LogP contribution in [0.5, 0.6) is 0 Å². The number of unbranched alkanes of at least 4 members (excludes halogenated alkanes) is 1. The first-order valence-corrected chi connectivity index (χ1v) is 13.5. The lowest BCUT2D eigenvalue weighted by Gasteiger charge is -2.34. The zero-order valence-corrected chi connectivity index (χ0v) is 20.3. The number of sulfonamides is 2. The smallest absolute Gasteiger partial charge is 0.274 e. The molecule has 0 fully saturated rings. The third-order valence-corrected chi connectivity index (χ3v) is 9.81. The average Bonchev–Trinajstić information content (AvgIpc) is 3.14. The van der Waals surface area contributed by atoms with E-state index in [1.807, 2.05) is 31.2 Å². The van der Waals surface area contributed by atoms with Crippen LogP contribution in [-0.2, 0) is 26.5 Å². The summed E-state index contributed by atoms with van der Waals surface area (Å²) in [6.45, 7) is 5.04. The Hall–Kier alpha value is -1.17. The monoisotopic (exact) mass is 493 g/mol. The van der Waals surface area contributed by atoms with Gasteiger partial charge in [0.25, 0.3) is 10.0 Å². The van der Waals surface area contributed by atoms with Crippen molar-refractivity contribution in [3.05, 3.63) is 41.5 Å². The molecule has 0 spiro atoms. The van der Waals surface area contributed by atoms with Gasteiger partial charge >= 0.3 is 0 Å². The van der Waals surface area contributed by atoms with Crippen LogP contribution < -0.4 is 14.8 Å². The first-order valence-electron chi connectivity index (χ1n) is 9.70. The molecule has 0 amide bonds. The lowest BCUT2D eigenvalue weighted by molar-refractivity contribution is 0.511. The summed E-state index contributed by atoms with van der Waals surface area (Å²) in [5.41, 5.74) is 2.21. The number of nitrogens with one attached hydrogen (secondary N) is 1. The molecular formula is C19H28ClN3O4S3. The van der Waals surface area contributed by atoms with Gasteiger partial charge < -0.3 is 5.32 Å². The fourth-order valence-corrected chi connectivity index (χ4v) is 7.62. The molecule has 2 heterocycles. The van der Waals surface area contributed by atoms with Crippen molar-refractivity contribution in [3.63, 3.8) is 0 Å². The van der Waals surface area contributed by atoms with Crippen molar-refractivity contribution in [3.8, 4) is 0 Å². The molecule has 1 aromatic heterocycles. The van der Waals surface area contributed by atoms with Crippen molar-refractivity contribution in [2.75, 3.05) is 17.4 Å². The number of halogens is 1.